The molecule has 18 heavy (non-hydrogen) atoms. The Hall–Kier alpha value is -1.61. The second-order valence-electron chi connectivity index (χ2n) is 4.32. The van der Waals surface area contributed by atoms with Gasteiger partial charge in [0.05, 0.1) is 5.69 Å². The zero-order valence-electron chi connectivity index (χ0n) is 10.1. The Labute approximate surface area is 113 Å². The molecule has 3 nitrogen and oxygen atoms in total. The van der Waals surface area contributed by atoms with E-state index in [-0.39, 0.29) is 12.4 Å². The molecular weight excluding hydrogens is 246 g/mol. The Morgan fingerprint density at radius 2 is 1.67 bits per heavy atom. The van der Waals surface area contributed by atoms with Crippen molar-refractivity contribution < 1.29 is 0 Å². The average molecular weight is 262 g/mol. The van der Waals surface area contributed by atoms with Crippen molar-refractivity contribution in [3.63, 3.8) is 0 Å². The monoisotopic (exact) mass is 261 g/mol. The first-order valence-corrected chi connectivity index (χ1v) is 6.06. The first-order valence-electron chi connectivity index (χ1n) is 6.06. The molecule has 0 bridgehead atoms. The third kappa shape index (κ3) is 2.62. The van der Waals surface area contributed by atoms with Crippen molar-refractivity contribution in [2.75, 3.05) is 18.0 Å². The molecule has 0 amide bonds. The molecule has 1 aromatic carbocycles. The van der Waals surface area contributed by atoms with Gasteiger partial charge in [-0.25, -0.2) is 9.97 Å². The van der Waals surface area contributed by atoms with Crippen LogP contribution in [0.25, 0.3) is 11.3 Å². The molecule has 0 aliphatic carbocycles. The van der Waals surface area contributed by atoms with Crippen molar-refractivity contribution in [3.05, 3.63) is 42.7 Å². The second-order valence-corrected chi connectivity index (χ2v) is 4.32. The summed E-state index contributed by atoms with van der Waals surface area (Å²) in [6.45, 7) is 2.23. The topological polar surface area (TPSA) is 29.0 Å². The van der Waals surface area contributed by atoms with Gasteiger partial charge in [0.1, 0.15) is 12.1 Å². The minimum Gasteiger partial charge on any atom is -0.357 e. The molecule has 0 spiro atoms. The maximum Gasteiger partial charge on any atom is 0.132 e. The van der Waals surface area contributed by atoms with E-state index in [9.17, 15) is 0 Å². The maximum absolute atomic E-state index is 4.36. The zero-order valence-corrected chi connectivity index (χ0v) is 10.9. The summed E-state index contributed by atoms with van der Waals surface area (Å²) in [5.41, 5.74) is 2.15. The van der Waals surface area contributed by atoms with Gasteiger partial charge in [0, 0.05) is 24.7 Å². The molecule has 0 saturated carbocycles. The van der Waals surface area contributed by atoms with Gasteiger partial charge in [0.2, 0.25) is 0 Å². The maximum atomic E-state index is 4.36. The molecule has 0 radical (unpaired) electrons. The molecule has 1 aromatic heterocycles. The molecule has 0 N–H and O–H groups in total. The minimum absolute atomic E-state index is 0. The largest absolute Gasteiger partial charge is 0.357 e. The summed E-state index contributed by atoms with van der Waals surface area (Å²) in [4.78, 5) is 11.0. The van der Waals surface area contributed by atoms with Gasteiger partial charge in [-0.05, 0) is 12.8 Å². The highest BCUT2D eigenvalue weighted by atomic mass is 35.5. The molecule has 4 heteroatoms. The van der Waals surface area contributed by atoms with Crippen LogP contribution in [0.2, 0.25) is 0 Å². The molecule has 2 aromatic rings. The van der Waals surface area contributed by atoms with Crippen molar-refractivity contribution in [2.45, 2.75) is 12.8 Å². The van der Waals surface area contributed by atoms with Gasteiger partial charge in [0.25, 0.3) is 0 Å². The van der Waals surface area contributed by atoms with Crippen LogP contribution < -0.4 is 4.90 Å². The molecule has 3 rings (SSSR count). The van der Waals surface area contributed by atoms with Gasteiger partial charge in [-0.1, -0.05) is 30.3 Å². The summed E-state index contributed by atoms with van der Waals surface area (Å²) < 4.78 is 0. The van der Waals surface area contributed by atoms with Gasteiger partial charge in [-0.15, -0.1) is 12.4 Å². The van der Waals surface area contributed by atoms with Crippen LogP contribution in [-0.4, -0.2) is 23.1 Å². The molecule has 1 aliphatic rings. The van der Waals surface area contributed by atoms with E-state index in [1.54, 1.807) is 6.33 Å². The second kappa shape index (κ2) is 5.83. The fraction of sp³-hybridized carbons (Fsp3) is 0.286. The molecule has 0 unspecified atom stereocenters. The van der Waals surface area contributed by atoms with E-state index in [0.717, 1.165) is 30.2 Å². The van der Waals surface area contributed by atoms with Crippen LogP contribution in [-0.2, 0) is 0 Å². The fourth-order valence-electron chi connectivity index (χ4n) is 2.23. The number of aromatic nitrogens is 2. The third-order valence-electron chi connectivity index (χ3n) is 3.15. The highest BCUT2D eigenvalue weighted by Crippen LogP contribution is 2.22. The van der Waals surface area contributed by atoms with Crippen molar-refractivity contribution in [1.82, 2.24) is 9.97 Å². The lowest BCUT2D eigenvalue weighted by molar-refractivity contribution is 0.928. The number of anilines is 1. The van der Waals surface area contributed by atoms with E-state index in [0.29, 0.717) is 0 Å². The molecule has 1 aliphatic heterocycles. The SMILES string of the molecule is Cl.c1ccc(-c2cc(N3CCCC3)ncn2)cc1. The lowest BCUT2D eigenvalue weighted by atomic mass is 10.1. The van der Waals surface area contributed by atoms with Crippen LogP contribution in [0.5, 0.6) is 0 Å². The van der Waals surface area contributed by atoms with Crippen molar-refractivity contribution in [3.8, 4) is 11.3 Å². The number of benzene rings is 1. The van der Waals surface area contributed by atoms with Crippen LogP contribution in [0.3, 0.4) is 0 Å². The number of nitrogens with zero attached hydrogens (tertiary/aromatic N) is 3. The van der Waals surface area contributed by atoms with E-state index in [1.165, 1.54) is 12.8 Å². The van der Waals surface area contributed by atoms with Gasteiger partial charge in [-0.2, -0.15) is 0 Å². The molecular formula is C14H16ClN3. The molecule has 0 atom stereocenters. The number of rotatable bonds is 2. The summed E-state index contributed by atoms with van der Waals surface area (Å²) in [7, 11) is 0. The van der Waals surface area contributed by atoms with E-state index in [4.69, 9.17) is 0 Å². The average Bonchev–Trinajstić information content (AvgIpc) is 2.94. The summed E-state index contributed by atoms with van der Waals surface area (Å²) in [5.74, 6) is 1.05. The fourth-order valence-corrected chi connectivity index (χ4v) is 2.23. The standard InChI is InChI=1S/C14H15N3.ClH/c1-2-6-12(7-3-1)13-10-14(16-11-15-13)17-8-4-5-9-17;/h1-3,6-7,10-11H,4-5,8-9H2;1H. The third-order valence-corrected chi connectivity index (χ3v) is 3.15. The quantitative estimate of drug-likeness (QED) is 0.832. The van der Waals surface area contributed by atoms with Crippen molar-refractivity contribution >= 4 is 18.2 Å². The van der Waals surface area contributed by atoms with E-state index in [2.05, 4.69) is 33.1 Å². The van der Waals surface area contributed by atoms with Gasteiger partial charge in [-0.3, -0.25) is 0 Å². The van der Waals surface area contributed by atoms with Crippen LogP contribution in [0, 0.1) is 0 Å². The smallest absolute Gasteiger partial charge is 0.132 e. The predicted octanol–water partition coefficient (Wildman–Crippen LogP) is 3.17. The van der Waals surface area contributed by atoms with E-state index < -0.39 is 0 Å². The zero-order chi connectivity index (χ0) is 11.5. The Bertz CT molecular complexity index is 495. The Kier molecular flexibility index (Phi) is 4.15. The van der Waals surface area contributed by atoms with Crippen molar-refractivity contribution in [2.24, 2.45) is 0 Å². The van der Waals surface area contributed by atoms with Crippen LogP contribution in [0.1, 0.15) is 12.8 Å². The number of hydrogen-bond acceptors (Lipinski definition) is 3. The first kappa shape index (κ1) is 12.8. The lowest BCUT2D eigenvalue weighted by Gasteiger charge is -2.16. The normalized spacial score (nSPS) is 14.3. The molecule has 2 heterocycles. The van der Waals surface area contributed by atoms with Crippen LogP contribution in [0.4, 0.5) is 5.82 Å². The van der Waals surface area contributed by atoms with E-state index >= 15 is 0 Å². The van der Waals surface area contributed by atoms with Gasteiger partial charge < -0.3 is 4.90 Å². The number of hydrogen-bond donors (Lipinski definition) is 0. The van der Waals surface area contributed by atoms with Gasteiger partial charge in [0.15, 0.2) is 0 Å². The summed E-state index contributed by atoms with van der Waals surface area (Å²) in [6, 6.07) is 12.3. The summed E-state index contributed by atoms with van der Waals surface area (Å²) >= 11 is 0. The Morgan fingerprint density at radius 3 is 2.39 bits per heavy atom. The van der Waals surface area contributed by atoms with Crippen LogP contribution >= 0.6 is 12.4 Å². The first-order chi connectivity index (χ1) is 8.43. The highest BCUT2D eigenvalue weighted by molar-refractivity contribution is 5.85. The molecule has 1 fully saturated rings. The highest BCUT2D eigenvalue weighted by Gasteiger charge is 2.14. The summed E-state index contributed by atoms with van der Waals surface area (Å²) in [6.07, 6.45) is 4.20. The lowest BCUT2D eigenvalue weighted by Crippen LogP contribution is -2.18. The molecule has 94 valence electrons. The van der Waals surface area contributed by atoms with Crippen molar-refractivity contribution in [1.29, 1.82) is 0 Å². The minimum atomic E-state index is 0. The number of halogens is 1. The predicted molar refractivity (Wildman–Crippen MR) is 76.2 cm³/mol. The molecule has 1 saturated heterocycles. The van der Waals surface area contributed by atoms with E-state index in [1.807, 2.05) is 18.2 Å². The Morgan fingerprint density at radius 1 is 0.944 bits per heavy atom. The van der Waals surface area contributed by atoms with Gasteiger partial charge >= 0.3 is 0 Å². The van der Waals surface area contributed by atoms with Crippen LogP contribution in [0.15, 0.2) is 42.7 Å². The Balaban J connectivity index is 0.00000120. The summed E-state index contributed by atoms with van der Waals surface area (Å²) in [5, 5.41) is 0.